The van der Waals surface area contributed by atoms with Crippen LogP contribution in [-0.4, -0.2) is 45.5 Å². The van der Waals surface area contributed by atoms with Crippen LogP contribution in [0.15, 0.2) is 47.4 Å². The number of hydrogen-bond donors (Lipinski definition) is 1. The average molecular weight is 406 g/mol. The van der Waals surface area contributed by atoms with Gasteiger partial charge in [0.15, 0.2) is 0 Å². The molecule has 1 aliphatic rings. The highest BCUT2D eigenvalue weighted by Crippen LogP contribution is 2.25. The maximum atomic E-state index is 13.2. The molecule has 2 aromatic carbocycles. The Morgan fingerprint density at radius 1 is 1.25 bits per heavy atom. The molecular formula is C20H23FN2O4S. The molecule has 2 aromatic rings. The van der Waals surface area contributed by atoms with E-state index in [2.05, 4.69) is 4.72 Å². The maximum Gasteiger partial charge on any atom is 0.254 e. The Kier molecular flexibility index (Phi) is 6.12. The summed E-state index contributed by atoms with van der Waals surface area (Å²) >= 11 is 0. The molecule has 0 spiro atoms. The van der Waals surface area contributed by atoms with Gasteiger partial charge < -0.3 is 9.64 Å². The summed E-state index contributed by atoms with van der Waals surface area (Å²) < 4.78 is 45.9. The third-order valence-electron chi connectivity index (χ3n) is 4.68. The first-order valence-corrected chi connectivity index (χ1v) is 10.6. The Labute approximate surface area is 164 Å². The van der Waals surface area contributed by atoms with Gasteiger partial charge in [-0.3, -0.25) is 4.79 Å². The topological polar surface area (TPSA) is 75.7 Å². The summed E-state index contributed by atoms with van der Waals surface area (Å²) in [6, 6.07) is 10.5. The summed E-state index contributed by atoms with van der Waals surface area (Å²) in [7, 11) is -3.65. The number of sulfonamides is 1. The van der Waals surface area contributed by atoms with Gasteiger partial charge in [0.2, 0.25) is 10.0 Å². The van der Waals surface area contributed by atoms with Gasteiger partial charge in [0.25, 0.3) is 5.91 Å². The van der Waals surface area contributed by atoms with Crippen molar-refractivity contribution in [2.75, 3.05) is 26.2 Å². The van der Waals surface area contributed by atoms with Gasteiger partial charge in [-0.05, 0) is 42.3 Å². The second kappa shape index (κ2) is 8.38. The van der Waals surface area contributed by atoms with Gasteiger partial charge in [-0.1, -0.05) is 25.1 Å². The van der Waals surface area contributed by atoms with Gasteiger partial charge in [0, 0.05) is 18.7 Å². The number of carbonyl (C=O) groups is 1. The molecule has 0 aromatic heterocycles. The average Bonchev–Trinajstić information content (AvgIpc) is 2.68. The molecule has 1 aliphatic heterocycles. The number of aryl methyl sites for hydroxylation is 1. The minimum Gasteiger partial charge on any atom is -0.370 e. The number of carbonyl (C=O) groups excluding carboxylic acids is 1. The summed E-state index contributed by atoms with van der Waals surface area (Å²) in [5.74, 6) is -0.580. The van der Waals surface area contributed by atoms with Gasteiger partial charge in [0.1, 0.15) is 11.9 Å². The fourth-order valence-electron chi connectivity index (χ4n) is 3.16. The number of nitrogens with zero attached hydrogens (tertiary/aromatic N) is 1. The van der Waals surface area contributed by atoms with Crippen molar-refractivity contribution in [2.24, 2.45) is 0 Å². The molecule has 6 nitrogen and oxygen atoms in total. The summed E-state index contributed by atoms with van der Waals surface area (Å²) in [6.45, 7) is 4.80. The molecule has 0 radical (unpaired) electrons. The molecule has 1 amide bonds. The van der Waals surface area contributed by atoms with Crippen molar-refractivity contribution in [1.29, 1.82) is 0 Å². The molecule has 28 heavy (non-hydrogen) atoms. The van der Waals surface area contributed by atoms with Crippen LogP contribution in [0.2, 0.25) is 0 Å². The van der Waals surface area contributed by atoms with Crippen LogP contribution in [0.3, 0.4) is 0 Å². The standard InChI is InChI=1S/C20H23FN2O4S/c1-3-22-28(25,26)17-9-4-14(2)18(12-17)20(24)23-10-11-27-19(13-23)15-5-7-16(21)8-6-15/h4-9,12,19,22H,3,10-11,13H2,1-2H3. The Morgan fingerprint density at radius 3 is 2.64 bits per heavy atom. The van der Waals surface area contributed by atoms with Crippen LogP contribution in [-0.2, 0) is 14.8 Å². The van der Waals surface area contributed by atoms with E-state index in [0.29, 0.717) is 30.8 Å². The summed E-state index contributed by atoms with van der Waals surface area (Å²) in [5.41, 5.74) is 1.84. The molecule has 8 heteroatoms. The summed E-state index contributed by atoms with van der Waals surface area (Å²) in [6.07, 6.45) is -0.354. The monoisotopic (exact) mass is 406 g/mol. The largest absolute Gasteiger partial charge is 0.370 e. The third-order valence-corrected chi connectivity index (χ3v) is 6.22. The lowest BCUT2D eigenvalue weighted by Gasteiger charge is -2.33. The van der Waals surface area contributed by atoms with E-state index < -0.39 is 10.0 Å². The minimum absolute atomic E-state index is 0.0617. The maximum absolute atomic E-state index is 13.2. The fraction of sp³-hybridized carbons (Fsp3) is 0.350. The number of nitrogens with one attached hydrogen (secondary N) is 1. The molecule has 150 valence electrons. The number of halogens is 1. The van der Waals surface area contributed by atoms with Crippen molar-refractivity contribution >= 4 is 15.9 Å². The fourth-order valence-corrected chi connectivity index (χ4v) is 4.22. The predicted octanol–water partition coefficient (Wildman–Crippen LogP) is 2.65. The predicted molar refractivity (Wildman–Crippen MR) is 103 cm³/mol. The number of ether oxygens (including phenoxy) is 1. The molecule has 0 bridgehead atoms. The van der Waals surface area contributed by atoms with E-state index >= 15 is 0 Å². The Bertz CT molecular complexity index is 961. The van der Waals surface area contributed by atoms with Crippen LogP contribution < -0.4 is 4.72 Å². The van der Waals surface area contributed by atoms with Crippen molar-refractivity contribution in [1.82, 2.24) is 9.62 Å². The van der Waals surface area contributed by atoms with Crippen LogP contribution in [0.25, 0.3) is 0 Å². The van der Waals surface area contributed by atoms with E-state index in [1.807, 2.05) is 0 Å². The Hall–Kier alpha value is -2.29. The van der Waals surface area contributed by atoms with Crippen molar-refractivity contribution in [2.45, 2.75) is 24.8 Å². The van der Waals surface area contributed by atoms with Gasteiger partial charge in [-0.25, -0.2) is 17.5 Å². The van der Waals surface area contributed by atoms with Crippen LogP contribution in [0, 0.1) is 12.7 Å². The van der Waals surface area contributed by atoms with E-state index in [1.54, 1.807) is 36.9 Å². The van der Waals surface area contributed by atoms with Crippen LogP contribution >= 0.6 is 0 Å². The molecule has 0 saturated carbocycles. The Balaban J connectivity index is 1.84. The van der Waals surface area contributed by atoms with Crippen LogP contribution in [0.1, 0.15) is 34.5 Å². The SMILES string of the molecule is CCNS(=O)(=O)c1ccc(C)c(C(=O)N2CCOC(c3ccc(F)cc3)C2)c1. The number of benzene rings is 2. The normalized spacial score (nSPS) is 17.5. The highest BCUT2D eigenvalue weighted by atomic mass is 32.2. The highest BCUT2D eigenvalue weighted by Gasteiger charge is 2.28. The first-order valence-electron chi connectivity index (χ1n) is 9.08. The lowest BCUT2D eigenvalue weighted by Crippen LogP contribution is -2.42. The van der Waals surface area contributed by atoms with E-state index in [-0.39, 0.29) is 29.3 Å². The third kappa shape index (κ3) is 4.40. The highest BCUT2D eigenvalue weighted by molar-refractivity contribution is 7.89. The quantitative estimate of drug-likeness (QED) is 0.828. The van der Waals surface area contributed by atoms with Crippen molar-refractivity contribution < 1.29 is 22.3 Å². The molecule has 1 heterocycles. The number of amides is 1. The smallest absolute Gasteiger partial charge is 0.254 e. The van der Waals surface area contributed by atoms with Gasteiger partial charge in [-0.15, -0.1) is 0 Å². The number of hydrogen-bond acceptors (Lipinski definition) is 4. The molecule has 1 saturated heterocycles. The van der Waals surface area contributed by atoms with E-state index in [1.165, 1.54) is 24.3 Å². The lowest BCUT2D eigenvalue weighted by molar-refractivity contribution is -0.0228. The van der Waals surface area contributed by atoms with Gasteiger partial charge in [-0.2, -0.15) is 0 Å². The lowest BCUT2D eigenvalue weighted by atomic mass is 10.0. The van der Waals surface area contributed by atoms with E-state index in [0.717, 1.165) is 5.56 Å². The first-order chi connectivity index (χ1) is 13.3. The van der Waals surface area contributed by atoms with Crippen LogP contribution in [0.5, 0.6) is 0 Å². The molecule has 0 aliphatic carbocycles. The zero-order chi connectivity index (χ0) is 20.3. The van der Waals surface area contributed by atoms with Gasteiger partial charge >= 0.3 is 0 Å². The molecule has 1 unspecified atom stereocenters. The minimum atomic E-state index is -3.65. The van der Waals surface area contributed by atoms with Crippen LogP contribution in [0.4, 0.5) is 4.39 Å². The zero-order valence-electron chi connectivity index (χ0n) is 15.8. The van der Waals surface area contributed by atoms with Gasteiger partial charge in [0.05, 0.1) is 18.0 Å². The molecule has 1 atom stereocenters. The summed E-state index contributed by atoms with van der Waals surface area (Å²) in [4.78, 5) is 14.8. The van der Waals surface area contributed by atoms with E-state index in [9.17, 15) is 17.6 Å². The zero-order valence-corrected chi connectivity index (χ0v) is 16.6. The summed E-state index contributed by atoms with van der Waals surface area (Å²) in [5, 5.41) is 0. The molecular weight excluding hydrogens is 383 g/mol. The van der Waals surface area contributed by atoms with Crippen molar-refractivity contribution in [3.8, 4) is 0 Å². The number of rotatable bonds is 5. The second-order valence-corrected chi connectivity index (χ2v) is 8.41. The first kappa shape index (κ1) is 20.4. The molecule has 3 rings (SSSR count). The van der Waals surface area contributed by atoms with Crippen molar-refractivity contribution in [3.05, 3.63) is 65.0 Å². The number of morpholine rings is 1. The Morgan fingerprint density at radius 2 is 1.96 bits per heavy atom. The molecule has 1 fully saturated rings. The molecule has 1 N–H and O–H groups in total. The van der Waals surface area contributed by atoms with Crippen molar-refractivity contribution in [3.63, 3.8) is 0 Å². The van der Waals surface area contributed by atoms with E-state index in [4.69, 9.17) is 4.74 Å². The second-order valence-electron chi connectivity index (χ2n) is 6.64.